The van der Waals surface area contributed by atoms with Crippen LogP contribution in [0.1, 0.15) is 27.9 Å². The van der Waals surface area contributed by atoms with E-state index in [-0.39, 0.29) is 0 Å². The molecule has 3 amide bonds. The van der Waals surface area contributed by atoms with Gasteiger partial charge in [0, 0.05) is 38.9 Å². The number of amides is 3. The standard InChI is InChI=1S/C24H29IN4O5/c1-16-14-19(8-9-20(16)15-29-10-3-12-34-13-11-29)17-4-6-18(7-5-17)24(32)28(2)21(22(30)26-25)23(31)27-33/h4-9,14,21,33H,3,10-13,15H2,1-2H3,(H,26,30)(H,27,31). The number of benzene rings is 2. The average Bonchev–Trinajstić information content (AvgIpc) is 3.13. The number of ether oxygens (including phenoxy) is 1. The van der Waals surface area contributed by atoms with Crippen LogP contribution in [0.15, 0.2) is 42.5 Å². The predicted molar refractivity (Wildman–Crippen MR) is 135 cm³/mol. The van der Waals surface area contributed by atoms with E-state index in [1.54, 1.807) is 35.0 Å². The number of hydrogen-bond acceptors (Lipinski definition) is 6. The van der Waals surface area contributed by atoms with Gasteiger partial charge in [0.15, 0.2) is 6.04 Å². The first-order valence-corrected chi connectivity index (χ1v) is 12.0. The van der Waals surface area contributed by atoms with E-state index in [1.165, 1.54) is 23.7 Å². The van der Waals surface area contributed by atoms with Crippen molar-refractivity contribution < 1.29 is 24.3 Å². The summed E-state index contributed by atoms with van der Waals surface area (Å²) >= 11 is 1.57. The Morgan fingerprint density at radius 2 is 1.79 bits per heavy atom. The van der Waals surface area contributed by atoms with Gasteiger partial charge in [0.2, 0.25) is 0 Å². The Hall–Kier alpha value is -2.54. The van der Waals surface area contributed by atoms with Crippen LogP contribution in [0.2, 0.25) is 0 Å². The molecule has 1 aliphatic heterocycles. The number of aryl methyl sites for hydroxylation is 1. The van der Waals surface area contributed by atoms with Gasteiger partial charge in [-0.25, -0.2) is 5.48 Å². The molecule has 0 aromatic heterocycles. The van der Waals surface area contributed by atoms with Crippen LogP contribution in [0, 0.1) is 6.92 Å². The third kappa shape index (κ3) is 6.32. The summed E-state index contributed by atoms with van der Waals surface area (Å²) in [6, 6.07) is 11.8. The summed E-state index contributed by atoms with van der Waals surface area (Å²) in [6.07, 6.45) is 1.05. The molecule has 0 saturated carbocycles. The predicted octanol–water partition coefficient (Wildman–Crippen LogP) is 2.30. The molecule has 2 aromatic rings. The minimum Gasteiger partial charge on any atom is -0.380 e. The lowest BCUT2D eigenvalue weighted by Crippen LogP contribution is -2.54. The molecule has 3 N–H and O–H groups in total. The molecule has 1 unspecified atom stereocenters. The highest BCUT2D eigenvalue weighted by atomic mass is 127. The van der Waals surface area contributed by atoms with Crippen LogP contribution >= 0.6 is 22.9 Å². The van der Waals surface area contributed by atoms with Gasteiger partial charge in [-0.05, 0) is 47.7 Å². The summed E-state index contributed by atoms with van der Waals surface area (Å²) in [6.45, 7) is 6.55. The number of nitrogens with zero attached hydrogens (tertiary/aromatic N) is 2. The number of likely N-dealkylation sites (N-methyl/N-ethyl adjacent to an activating group) is 1. The molecule has 0 bridgehead atoms. The van der Waals surface area contributed by atoms with Crippen molar-refractivity contribution in [3.05, 3.63) is 59.2 Å². The second-order valence-electron chi connectivity index (χ2n) is 8.21. The van der Waals surface area contributed by atoms with Crippen molar-refractivity contribution in [2.45, 2.75) is 25.9 Å². The number of nitrogens with one attached hydrogen (secondary N) is 2. The van der Waals surface area contributed by atoms with Crippen LogP contribution in [0.5, 0.6) is 0 Å². The van der Waals surface area contributed by atoms with Gasteiger partial charge in [0.05, 0.1) is 29.5 Å². The quantitative estimate of drug-likeness (QED) is 0.153. The molecular weight excluding hydrogens is 551 g/mol. The van der Waals surface area contributed by atoms with Gasteiger partial charge in [-0.3, -0.25) is 28.0 Å². The third-order valence-corrected chi connectivity index (χ3v) is 6.46. The van der Waals surface area contributed by atoms with Crippen LogP contribution in [0.4, 0.5) is 0 Å². The molecule has 34 heavy (non-hydrogen) atoms. The maximum atomic E-state index is 12.9. The molecule has 182 valence electrons. The van der Waals surface area contributed by atoms with Gasteiger partial charge in [-0.1, -0.05) is 30.3 Å². The highest BCUT2D eigenvalue weighted by molar-refractivity contribution is 14.1. The molecule has 0 aliphatic carbocycles. The van der Waals surface area contributed by atoms with Gasteiger partial charge in [0.1, 0.15) is 0 Å². The summed E-state index contributed by atoms with van der Waals surface area (Å²) < 4.78 is 7.83. The lowest BCUT2D eigenvalue weighted by molar-refractivity contribution is -0.140. The summed E-state index contributed by atoms with van der Waals surface area (Å²) in [7, 11) is 1.33. The largest absolute Gasteiger partial charge is 0.380 e. The van der Waals surface area contributed by atoms with Crippen molar-refractivity contribution in [3.8, 4) is 11.1 Å². The molecule has 1 fully saturated rings. The van der Waals surface area contributed by atoms with Crippen LogP contribution in [-0.2, 0) is 20.9 Å². The van der Waals surface area contributed by atoms with Crippen molar-refractivity contribution in [1.82, 2.24) is 18.8 Å². The Morgan fingerprint density at radius 3 is 2.44 bits per heavy atom. The Labute approximate surface area is 212 Å². The van der Waals surface area contributed by atoms with Crippen molar-refractivity contribution >= 4 is 40.6 Å². The molecule has 3 rings (SSSR count). The van der Waals surface area contributed by atoms with Crippen LogP contribution in [0.25, 0.3) is 11.1 Å². The van der Waals surface area contributed by atoms with E-state index >= 15 is 0 Å². The van der Waals surface area contributed by atoms with Crippen molar-refractivity contribution in [3.63, 3.8) is 0 Å². The van der Waals surface area contributed by atoms with Gasteiger partial charge in [-0.15, -0.1) is 0 Å². The average molecular weight is 580 g/mol. The van der Waals surface area contributed by atoms with Gasteiger partial charge in [0.25, 0.3) is 17.7 Å². The molecular formula is C24H29IN4O5. The fraction of sp³-hybridized carbons (Fsp3) is 0.375. The summed E-state index contributed by atoms with van der Waals surface area (Å²) in [4.78, 5) is 40.2. The minimum absolute atomic E-state index is 0.319. The summed E-state index contributed by atoms with van der Waals surface area (Å²) in [5.41, 5.74) is 6.22. The molecule has 0 radical (unpaired) electrons. The minimum atomic E-state index is -1.50. The highest BCUT2D eigenvalue weighted by Crippen LogP contribution is 2.24. The molecule has 10 heteroatoms. The fourth-order valence-electron chi connectivity index (χ4n) is 3.96. The Balaban J connectivity index is 1.73. The highest BCUT2D eigenvalue weighted by Gasteiger charge is 2.33. The Morgan fingerprint density at radius 1 is 1.09 bits per heavy atom. The molecule has 1 aliphatic rings. The van der Waals surface area contributed by atoms with Crippen LogP contribution in [0.3, 0.4) is 0 Å². The Bertz CT molecular complexity index is 1010. The number of carbonyl (C=O) groups excluding carboxylic acids is 3. The van der Waals surface area contributed by atoms with Gasteiger partial charge in [-0.2, -0.15) is 0 Å². The molecule has 1 heterocycles. The number of halogens is 1. The van der Waals surface area contributed by atoms with E-state index < -0.39 is 23.8 Å². The first-order chi connectivity index (χ1) is 16.3. The topological polar surface area (TPSA) is 111 Å². The van der Waals surface area contributed by atoms with E-state index in [0.717, 1.165) is 55.3 Å². The van der Waals surface area contributed by atoms with E-state index in [0.29, 0.717) is 5.56 Å². The van der Waals surface area contributed by atoms with Crippen molar-refractivity contribution in [2.24, 2.45) is 0 Å². The molecule has 2 aromatic carbocycles. The van der Waals surface area contributed by atoms with Crippen LogP contribution in [-0.4, -0.2) is 72.1 Å². The number of hydrogen-bond donors (Lipinski definition) is 3. The summed E-state index contributed by atoms with van der Waals surface area (Å²) in [5.74, 6) is -2.24. The lowest BCUT2D eigenvalue weighted by Gasteiger charge is -2.24. The monoisotopic (exact) mass is 580 g/mol. The third-order valence-electron chi connectivity index (χ3n) is 5.92. The fourth-order valence-corrected chi connectivity index (χ4v) is 4.25. The Kier molecular flexibility index (Phi) is 9.39. The first-order valence-electron chi connectivity index (χ1n) is 11.0. The first kappa shape index (κ1) is 26.1. The van der Waals surface area contributed by atoms with Crippen LogP contribution < -0.4 is 9.01 Å². The molecule has 1 saturated heterocycles. The maximum Gasteiger partial charge on any atom is 0.275 e. The zero-order valence-corrected chi connectivity index (χ0v) is 21.4. The number of rotatable bonds is 7. The smallest absolute Gasteiger partial charge is 0.275 e. The second-order valence-corrected chi connectivity index (χ2v) is 8.75. The van der Waals surface area contributed by atoms with Gasteiger partial charge < -0.3 is 9.64 Å². The number of carbonyl (C=O) groups is 3. The summed E-state index contributed by atoms with van der Waals surface area (Å²) in [5, 5.41) is 8.93. The van der Waals surface area contributed by atoms with E-state index in [2.05, 4.69) is 33.6 Å². The zero-order valence-electron chi connectivity index (χ0n) is 19.2. The van der Waals surface area contributed by atoms with Crippen molar-refractivity contribution in [1.29, 1.82) is 0 Å². The maximum absolute atomic E-state index is 12.9. The zero-order chi connectivity index (χ0) is 24.7. The SMILES string of the molecule is Cc1cc(-c2ccc(C(=O)N(C)C(C(=O)NO)C(=O)NI)cc2)ccc1CN1CCCOCC1. The number of hydroxylamine groups is 1. The van der Waals surface area contributed by atoms with E-state index in [1.807, 2.05) is 12.1 Å². The normalized spacial score (nSPS) is 15.2. The van der Waals surface area contributed by atoms with E-state index in [9.17, 15) is 14.4 Å². The molecule has 1 atom stereocenters. The second kappa shape index (κ2) is 12.2. The molecule has 0 spiro atoms. The molecule has 9 nitrogen and oxygen atoms in total. The lowest BCUT2D eigenvalue weighted by atomic mass is 9.98. The van der Waals surface area contributed by atoms with Gasteiger partial charge >= 0.3 is 0 Å². The van der Waals surface area contributed by atoms with E-state index in [4.69, 9.17) is 9.94 Å². The van der Waals surface area contributed by atoms with Crippen molar-refractivity contribution in [2.75, 3.05) is 33.4 Å².